The fourth-order valence-corrected chi connectivity index (χ4v) is 5.07. The molecule has 3 aromatic heterocycles. The van der Waals surface area contributed by atoms with Gasteiger partial charge in [-0.3, -0.25) is 9.36 Å². The first-order valence-electron chi connectivity index (χ1n) is 10.6. The van der Waals surface area contributed by atoms with Crippen LogP contribution in [0.25, 0.3) is 37.4 Å². The van der Waals surface area contributed by atoms with Gasteiger partial charge in [-0.25, -0.2) is 9.97 Å². The number of halogens is 1. The Bertz CT molecular complexity index is 1520. The number of hydrogen-bond acceptors (Lipinski definition) is 6. The van der Waals surface area contributed by atoms with Crippen molar-refractivity contribution in [2.75, 3.05) is 32.6 Å². The Morgan fingerprint density at radius 1 is 1.09 bits per heavy atom. The maximum absolute atomic E-state index is 13.4. The molecule has 0 amide bonds. The molecule has 3 heterocycles. The molecule has 0 aliphatic rings. The number of nitrogens with zero attached hydrogens (tertiary/aromatic N) is 5. The average molecular weight is 479 g/mol. The number of rotatable bonds is 6. The molecular formula is C24H23ClN6OS. The molecule has 0 saturated carbocycles. The van der Waals surface area contributed by atoms with Crippen LogP contribution in [-0.4, -0.2) is 46.8 Å². The number of anilines is 1. The summed E-state index contributed by atoms with van der Waals surface area (Å²) in [5.41, 5.74) is 4.23. The number of imidazole rings is 1. The van der Waals surface area contributed by atoms with Crippen molar-refractivity contribution in [1.29, 1.82) is 0 Å². The first-order valence-corrected chi connectivity index (χ1v) is 11.8. The van der Waals surface area contributed by atoms with Crippen LogP contribution in [0, 0.1) is 0 Å². The number of aromatic nitrogens is 4. The van der Waals surface area contributed by atoms with Crippen molar-refractivity contribution >= 4 is 50.1 Å². The third-order valence-corrected chi connectivity index (χ3v) is 6.96. The second-order valence-corrected chi connectivity index (χ2v) is 9.47. The molecular weight excluding hydrogens is 456 g/mol. The molecule has 33 heavy (non-hydrogen) atoms. The van der Waals surface area contributed by atoms with Gasteiger partial charge in [0.05, 0.1) is 22.2 Å². The number of hydrogen-bond donors (Lipinski definition) is 1. The van der Waals surface area contributed by atoms with Gasteiger partial charge in [-0.15, -0.1) is 11.3 Å². The lowest BCUT2D eigenvalue weighted by molar-refractivity contribution is 0.654. The minimum Gasteiger partial charge on any atom is -0.348 e. The van der Waals surface area contributed by atoms with Crippen LogP contribution in [0.2, 0.25) is 5.02 Å². The van der Waals surface area contributed by atoms with Crippen LogP contribution in [0.3, 0.4) is 0 Å². The molecule has 0 radical (unpaired) electrons. The van der Waals surface area contributed by atoms with Crippen molar-refractivity contribution in [2.24, 2.45) is 0 Å². The minimum atomic E-state index is -0.0907. The van der Waals surface area contributed by atoms with E-state index in [1.54, 1.807) is 10.9 Å². The summed E-state index contributed by atoms with van der Waals surface area (Å²) in [7, 11) is 5.90. The highest BCUT2D eigenvalue weighted by Crippen LogP contribution is 2.32. The van der Waals surface area contributed by atoms with Gasteiger partial charge in [0.1, 0.15) is 11.0 Å². The molecule has 0 spiro atoms. The Labute approximate surface area is 199 Å². The molecule has 0 atom stereocenters. The molecule has 0 fully saturated rings. The van der Waals surface area contributed by atoms with Crippen LogP contribution in [0.1, 0.15) is 0 Å². The van der Waals surface area contributed by atoms with Crippen molar-refractivity contribution < 1.29 is 0 Å². The number of benzene rings is 2. The summed E-state index contributed by atoms with van der Waals surface area (Å²) in [5.74, 6) is 0.879. The van der Waals surface area contributed by atoms with Gasteiger partial charge in [0.25, 0.3) is 5.56 Å². The lowest BCUT2D eigenvalue weighted by atomic mass is 10.2. The highest BCUT2D eigenvalue weighted by atomic mass is 35.5. The van der Waals surface area contributed by atoms with E-state index in [2.05, 4.69) is 14.9 Å². The number of fused-ring (bicyclic) bond motifs is 2. The quantitative estimate of drug-likeness (QED) is 0.391. The maximum atomic E-state index is 13.4. The summed E-state index contributed by atoms with van der Waals surface area (Å²) < 4.78 is 4.39. The molecule has 9 heteroatoms. The lowest BCUT2D eigenvalue weighted by Crippen LogP contribution is -2.20. The van der Waals surface area contributed by atoms with Crippen molar-refractivity contribution in [2.45, 2.75) is 6.54 Å². The largest absolute Gasteiger partial charge is 0.348 e. The van der Waals surface area contributed by atoms with Crippen LogP contribution >= 0.6 is 22.9 Å². The second kappa shape index (κ2) is 8.62. The minimum absolute atomic E-state index is 0.0907. The Balaban J connectivity index is 1.59. The van der Waals surface area contributed by atoms with Gasteiger partial charge in [-0.2, -0.15) is 0 Å². The van der Waals surface area contributed by atoms with Gasteiger partial charge in [0.2, 0.25) is 5.95 Å². The number of likely N-dealkylation sites (N-methyl/N-ethyl adjacent to an activating group) is 1. The maximum Gasteiger partial charge on any atom is 0.275 e. The summed E-state index contributed by atoms with van der Waals surface area (Å²) in [6, 6.07) is 15.5. The molecule has 0 aliphatic heterocycles. The number of thiophene rings is 1. The third kappa shape index (κ3) is 3.90. The molecule has 0 bridgehead atoms. The molecule has 1 N–H and O–H groups in total. The van der Waals surface area contributed by atoms with E-state index >= 15 is 0 Å². The van der Waals surface area contributed by atoms with E-state index < -0.39 is 0 Å². The zero-order valence-electron chi connectivity index (χ0n) is 18.5. The van der Waals surface area contributed by atoms with Crippen molar-refractivity contribution in [3.63, 3.8) is 0 Å². The van der Waals surface area contributed by atoms with E-state index in [4.69, 9.17) is 16.6 Å². The Morgan fingerprint density at radius 3 is 2.61 bits per heavy atom. The van der Waals surface area contributed by atoms with E-state index in [1.165, 1.54) is 11.3 Å². The third-order valence-electron chi connectivity index (χ3n) is 5.54. The summed E-state index contributed by atoms with van der Waals surface area (Å²) in [5, 5.41) is 3.87. The SMILES string of the molecule is CNCCn1c(N(C)C)nc2cc(-n3cnc4cc(-c5ccc(Cl)cc5)sc4c3=O)ccc21. The van der Waals surface area contributed by atoms with Gasteiger partial charge in [-0.1, -0.05) is 23.7 Å². The van der Waals surface area contributed by atoms with Gasteiger partial charge >= 0.3 is 0 Å². The van der Waals surface area contributed by atoms with E-state index in [-0.39, 0.29) is 5.56 Å². The van der Waals surface area contributed by atoms with Crippen molar-refractivity contribution in [3.05, 3.63) is 70.2 Å². The highest BCUT2D eigenvalue weighted by molar-refractivity contribution is 7.22. The van der Waals surface area contributed by atoms with Crippen LogP contribution in [0.15, 0.2) is 59.7 Å². The Kier molecular flexibility index (Phi) is 5.65. The second-order valence-electron chi connectivity index (χ2n) is 7.99. The smallest absolute Gasteiger partial charge is 0.275 e. The molecule has 5 rings (SSSR count). The lowest BCUT2D eigenvalue weighted by Gasteiger charge is -2.14. The van der Waals surface area contributed by atoms with Crippen molar-refractivity contribution in [3.8, 4) is 16.1 Å². The van der Waals surface area contributed by atoms with Crippen molar-refractivity contribution in [1.82, 2.24) is 24.4 Å². The molecule has 5 aromatic rings. The van der Waals surface area contributed by atoms with Gasteiger partial charge < -0.3 is 14.8 Å². The summed E-state index contributed by atoms with van der Waals surface area (Å²) in [6.07, 6.45) is 1.59. The molecule has 2 aromatic carbocycles. The summed E-state index contributed by atoms with van der Waals surface area (Å²) in [4.78, 5) is 25.7. The van der Waals surface area contributed by atoms with Crippen LogP contribution in [0.4, 0.5) is 5.95 Å². The fourth-order valence-electron chi connectivity index (χ4n) is 3.89. The molecule has 168 valence electrons. The Morgan fingerprint density at radius 2 is 1.88 bits per heavy atom. The number of nitrogens with one attached hydrogen (secondary N) is 1. The fraction of sp³-hybridized carbons (Fsp3) is 0.208. The standard InChI is InChI=1S/C24H23ClN6OS/c1-26-10-11-30-20-9-8-17(12-18(20)28-24(30)29(2)3)31-14-27-19-13-21(33-22(19)23(31)32)15-4-6-16(25)7-5-15/h4-9,12-14,26H,10-11H2,1-3H3. The van der Waals surface area contributed by atoms with E-state index in [0.717, 1.165) is 46.2 Å². The predicted octanol–water partition coefficient (Wildman–Crippen LogP) is 4.40. The first-order chi connectivity index (χ1) is 16.0. The summed E-state index contributed by atoms with van der Waals surface area (Å²) >= 11 is 7.45. The van der Waals surface area contributed by atoms with Crippen LogP contribution < -0.4 is 15.8 Å². The van der Waals surface area contributed by atoms with E-state index in [9.17, 15) is 4.79 Å². The molecule has 0 saturated heterocycles. The topological polar surface area (TPSA) is 68.0 Å². The van der Waals surface area contributed by atoms with Gasteiger partial charge in [0.15, 0.2) is 0 Å². The summed E-state index contributed by atoms with van der Waals surface area (Å²) in [6.45, 7) is 1.64. The highest BCUT2D eigenvalue weighted by Gasteiger charge is 2.15. The molecule has 0 unspecified atom stereocenters. The van der Waals surface area contributed by atoms with E-state index in [0.29, 0.717) is 15.2 Å². The Hall–Kier alpha value is -3.20. The zero-order valence-corrected chi connectivity index (χ0v) is 20.1. The monoisotopic (exact) mass is 478 g/mol. The average Bonchev–Trinajstić information content (AvgIpc) is 3.40. The normalized spacial score (nSPS) is 11.5. The van der Waals surface area contributed by atoms with Crippen LogP contribution in [0.5, 0.6) is 0 Å². The van der Waals surface area contributed by atoms with E-state index in [1.807, 2.05) is 74.6 Å². The molecule has 7 nitrogen and oxygen atoms in total. The predicted molar refractivity (Wildman–Crippen MR) is 137 cm³/mol. The van der Waals surface area contributed by atoms with Gasteiger partial charge in [-0.05, 0) is 49.0 Å². The van der Waals surface area contributed by atoms with Crippen LogP contribution in [-0.2, 0) is 6.54 Å². The first kappa shape index (κ1) is 21.6. The molecule has 0 aliphatic carbocycles. The van der Waals surface area contributed by atoms with Gasteiger partial charge in [0, 0.05) is 37.1 Å². The zero-order chi connectivity index (χ0) is 23.1.